The maximum atomic E-state index is 8.86. The summed E-state index contributed by atoms with van der Waals surface area (Å²) in [5.41, 5.74) is 0. The van der Waals surface area contributed by atoms with E-state index in [1.807, 2.05) is 11.3 Å². The highest BCUT2D eigenvalue weighted by Crippen LogP contribution is 2.18. The minimum Gasteiger partial charge on any atom is -0.395 e. The first kappa shape index (κ1) is 11.7. The fourth-order valence-corrected chi connectivity index (χ4v) is 2.41. The second-order valence-electron chi connectivity index (χ2n) is 3.31. The smallest absolute Gasteiger partial charge is 0.0558 e. The van der Waals surface area contributed by atoms with E-state index in [1.54, 1.807) is 0 Å². The molecule has 0 aromatic carbocycles. The van der Waals surface area contributed by atoms with Crippen LogP contribution in [0.2, 0.25) is 0 Å². The molecule has 0 atom stereocenters. The molecule has 0 unspecified atom stereocenters. The zero-order valence-electron chi connectivity index (χ0n) is 8.99. The van der Waals surface area contributed by atoms with Gasteiger partial charge in [0.1, 0.15) is 0 Å². The second kappa shape index (κ2) is 6.17. The van der Waals surface area contributed by atoms with Crippen LogP contribution in [-0.4, -0.2) is 29.7 Å². The number of likely N-dealkylation sites (N-methyl/N-ethyl adjacent to an activating group) is 1. The van der Waals surface area contributed by atoms with Gasteiger partial charge in [-0.05, 0) is 25.1 Å². The lowest BCUT2D eigenvalue weighted by atomic mass is 10.3. The van der Waals surface area contributed by atoms with Crippen LogP contribution in [0.3, 0.4) is 0 Å². The van der Waals surface area contributed by atoms with Crippen LogP contribution >= 0.6 is 11.3 Å². The number of aliphatic hydroxyl groups is 1. The first-order valence-corrected chi connectivity index (χ1v) is 6.02. The van der Waals surface area contributed by atoms with E-state index in [0.717, 1.165) is 26.1 Å². The Labute approximate surface area is 90.2 Å². The summed E-state index contributed by atoms with van der Waals surface area (Å²) in [4.78, 5) is 5.10. The highest BCUT2D eigenvalue weighted by Gasteiger charge is 2.04. The summed E-state index contributed by atoms with van der Waals surface area (Å²) < 4.78 is 0. The Morgan fingerprint density at radius 2 is 2.00 bits per heavy atom. The predicted octanol–water partition coefficient (Wildman–Crippen LogP) is 2.12. The van der Waals surface area contributed by atoms with Crippen LogP contribution in [0.1, 0.15) is 23.6 Å². The van der Waals surface area contributed by atoms with E-state index in [4.69, 9.17) is 5.11 Å². The number of rotatable bonds is 6. The van der Waals surface area contributed by atoms with Crippen LogP contribution in [0.5, 0.6) is 0 Å². The van der Waals surface area contributed by atoms with Gasteiger partial charge in [-0.15, -0.1) is 11.3 Å². The van der Waals surface area contributed by atoms with Crippen molar-refractivity contribution >= 4 is 11.3 Å². The Morgan fingerprint density at radius 1 is 1.29 bits per heavy atom. The molecule has 3 heteroatoms. The topological polar surface area (TPSA) is 23.5 Å². The minimum absolute atomic E-state index is 0.250. The Hall–Kier alpha value is -0.380. The molecule has 0 radical (unpaired) electrons. The predicted molar refractivity (Wildman–Crippen MR) is 61.7 cm³/mol. The fraction of sp³-hybridized carbons (Fsp3) is 0.636. The van der Waals surface area contributed by atoms with Gasteiger partial charge in [-0.2, -0.15) is 0 Å². The first-order chi connectivity index (χ1) is 6.80. The number of thiophene rings is 1. The van der Waals surface area contributed by atoms with E-state index < -0.39 is 0 Å². The van der Waals surface area contributed by atoms with Gasteiger partial charge in [-0.25, -0.2) is 0 Å². The van der Waals surface area contributed by atoms with Crippen molar-refractivity contribution in [2.75, 3.05) is 19.7 Å². The first-order valence-electron chi connectivity index (χ1n) is 5.21. The molecule has 1 aromatic heterocycles. The Kier molecular flexibility index (Phi) is 5.15. The summed E-state index contributed by atoms with van der Waals surface area (Å²) in [5.74, 6) is 0. The van der Waals surface area contributed by atoms with Gasteiger partial charge in [0.15, 0.2) is 0 Å². The van der Waals surface area contributed by atoms with Crippen molar-refractivity contribution in [3.05, 3.63) is 21.9 Å². The lowest BCUT2D eigenvalue weighted by Crippen LogP contribution is -2.25. The van der Waals surface area contributed by atoms with Gasteiger partial charge in [0, 0.05) is 22.8 Å². The number of nitrogens with zero attached hydrogens (tertiary/aromatic N) is 1. The summed E-state index contributed by atoms with van der Waals surface area (Å²) in [5, 5.41) is 8.86. The van der Waals surface area contributed by atoms with Gasteiger partial charge in [-0.3, -0.25) is 4.90 Å². The zero-order chi connectivity index (χ0) is 10.4. The van der Waals surface area contributed by atoms with Crippen LogP contribution < -0.4 is 0 Å². The van der Waals surface area contributed by atoms with Gasteiger partial charge >= 0.3 is 0 Å². The van der Waals surface area contributed by atoms with Gasteiger partial charge in [-0.1, -0.05) is 13.8 Å². The molecule has 0 spiro atoms. The summed E-state index contributed by atoms with van der Waals surface area (Å²) in [6.07, 6.45) is 1.12. The van der Waals surface area contributed by atoms with Gasteiger partial charge < -0.3 is 5.11 Å². The lowest BCUT2D eigenvalue weighted by Gasteiger charge is -2.17. The number of hydrogen-bond donors (Lipinski definition) is 1. The average Bonchev–Trinajstić information content (AvgIpc) is 2.65. The van der Waals surface area contributed by atoms with E-state index >= 15 is 0 Å². The summed E-state index contributed by atoms with van der Waals surface area (Å²) >= 11 is 1.88. The van der Waals surface area contributed by atoms with Gasteiger partial charge in [0.25, 0.3) is 0 Å². The molecule has 1 N–H and O–H groups in total. The zero-order valence-corrected chi connectivity index (χ0v) is 9.81. The molecule has 80 valence electrons. The molecule has 2 nitrogen and oxygen atoms in total. The van der Waals surface area contributed by atoms with Crippen LogP contribution in [0.25, 0.3) is 0 Å². The fourth-order valence-electron chi connectivity index (χ4n) is 1.41. The van der Waals surface area contributed by atoms with Crippen molar-refractivity contribution < 1.29 is 5.11 Å². The number of aryl methyl sites for hydroxylation is 1. The SMILES string of the molecule is CCc1ccc(CN(CC)CCO)s1. The molecular weight excluding hydrogens is 194 g/mol. The summed E-state index contributed by atoms with van der Waals surface area (Å²) in [6.45, 7) is 7.31. The van der Waals surface area contributed by atoms with Crippen LogP contribution in [-0.2, 0) is 13.0 Å². The molecule has 0 saturated carbocycles. The van der Waals surface area contributed by atoms with Crippen molar-refractivity contribution in [1.82, 2.24) is 4.90 Å². The third kappa shape index (κ3) is 3.40. The maximum absolute atomic E-state index is 8.86. The Balaban J connectivity index is 2.48. The monoisotopic (exact) mass is 213 g/mol. The van der Waals surface area contributed by atoms with Gasteiger partial charge in [0.2, 0.25) is 0 Å². The van der Waals surface area contributed by atoms with Crippen LogP contribution in [0.4, 0.5) is 0 Å². The highest BCUT2D eigenvalue weighted by atomic mass is 32.1. The van der Waals surface area contributed by atoms with Crippen molar-refractivity contribution in [2.24, 2.45) is 0 Å². The van der Waals surface area contributed by atoms with E-state index in [1.165, 1.54) is 9.75 Å². The molecule has 0 amide bonds. The van der Waals surface area contributed by atoms with E-state index in [2.05, 4.69) is 30.9 Å². The minimum atomic E-state index is 0.250. The molecule has 1 heterocycles. The van der Waals surface area contributed by atoms with E-state index in [-0.39, 0.29) is 6.61 Å². The molecular formula is C11H19NOS. The quantitative estimate of drug-likeness (QED) is 0.782. The molecule has 0 aliphatic rings. The maximum Gasteiger partial charge on any atom is 0.0558 e. The molecule has 0 aliphatic carbocycles. The van der Waals surface area contributed by atoms with Crippen molar-refractivity contribution in [3.8, 4) is 0 Å². The van der Waals surface area contributed by atoms with Crippen molar-refractivity contribution in [1.29, 1.82) is 0 Å². The molecule has 1 aromatic rings. The number of hydrogen-bond acceptors (Lipinski definition) is 3. The Bertz CT molecular complexity index is 260. The average molecular weight is 213 g/mol. The standard InChI is InChI=1S/C11H19NOS/c1-3-10-5-6-11(14-10)9-12(4-2)7-8-13/h5-6,13H,3-4,7-9H2,1-2H3. The van der Waals surface area contributed by atoms with E-state index in [0.29, 0.717) is 0 Å². The Morgan fingerprint density at radius 3 is 2.50 bits per heavy atom. The molecule has 14 heavy (non-hydrogen) atoms. The van der Waals surface area contributed by atoms with Crippen molar-refractivity contribution in [2.45, 2.75) is 26.8 Å². The molecule has 0 aliphatic heterocycles. The van der Waals surface area contributed by atoms with Crippen LogP contribution in [0, 0.1) is 0 Å². The van der Waals surface area contributed by atoms with Crippen molar-refractivity contribution in [3.63, 3.8) is 0 Å². The van der Waals surface area contributed by atoms with Crippen LogP contribution in [0.15, 0.2) is 12.1 Å². The normalized spacial score (nSPS) is 11.1. The second-order valence-corrected chi connectivity index (χ2v) is 4.57. The van der Waals surface area contributed by atoms with E-state index in [9.17, 15) is 0 Å². The van der Waals surface area contributed by atoms with Gasteiger partial charge in [0.05, 0.1) is 6.61 Å². The molecule has 0 fully saturated rings. The molecule has 1 rings (SSSR count). The molecule has 0 saturated heterocycles. The number of aliphatic hydroxyl groups excluding tert-OH is 1. The third-order valence-corrected chi connectivity index (χ3v) is 3.52. The highest BCUT2D eigenvalue weighted by molar-refractivity contribution is 7.11. The third-order valence-electron chi connectivity index (χ3n) is 2.31. The summed E-state index contributed by atoms with van der Waals surface area (Å²) in [7, 11) is 0. The summed E-state index contributed by atoms with van der Waals surface area (Å²) in [6, 6.07) is 4.40. The lowest BCUT2D eigenvalue weighted by molar-refractivity contribution is 0.198. The largest absolute Gasteiger partial charge is 0.395 e. The molecule has 0 bridgehead atoms.